The van der Waals surface area contributed by atoms with Crippen molar-refractivity contribution in [1.82, 2.24) is 9.55 Å². The zero-order valence-corrected chi connectivity index (χ0v) is 14.7. The number of pyridine rings is 1. The first-order valence-electron chi connectivity index (χ1n) is 8.35. The van der Waals surface area contributed by atoms with Gasteiger partial charge in [0.2, 0.25) is 0 Å². The van der Waals surface area contributed by atoms with Gasteiger partial charge in [-0.05, 0) is 43.2 Å². The Bertz CT molecular complexity index is 1020. The van der Waals surface area contributed by atoms with E-state index in [-0.39, 0.29) is 5.75 Å². The van der Waals surface area contributed by atoms with Gasteiger partial charge in [-0.2, -0.15) is 10.5 Å². The summed E-state index contributed by atoms with van der Waals surface area (Å²) in [7, 11) is 0. The number of hydrogen-bond donors (Lipinski definition) is 1. The highest BCUT2D eigenvalue weighted by Crippen LogP contribution is 2.33. The Hall–Kier alpha value is -3.57. The first-order chi connectivity index (χ1) is 12.6. The molecular weight excluding hydrogens is 324 g/mol. The van der Waals surface area contributed by atoms with Crippen molar-refractivity contribution in [1.29, 1.82) is 10.5 Å². The summed E-state index contributed by atoms with van der Waals surface area (Å²) in [6.07, 6.45) is 2.14. The highest BCUT2D eigenvalue weighted by Gasteiger charge is 2.20. The largest absolute Gasteiger partial charge is 0.506 e. The van der Waals surface area contributed by atoms with Crippen molar-refractivity contribution in [3.63, 3.8) is 0 Å². The van der Waals surface area contributed by atoms with Crippen molar-refractivity contribution in [2.24, 2.45) is 0 Å². The van der Waals surface area contributed by atoms with Crippen molar-refractivity contribution in [2.75, 3.05) is 0 Å². The maximum atomic E-state index is 9.77. The Kier molecular flexibility index (Phi) is 4.73. The predicted octanol–water partition coefficient (Wildman–Crippen LogP) is 3.92. The average molecular weight is 342 g/mol. The van der Waals surface area contributed by atoms with Crippen molar-refractivity contribution in [3.8, 4) is 29.0 Å². The van der Waals surface area contributed by atoms with Gasteiger partial charge in [0.15, 0.2) is 0 Å². The molecule has 0 bridgehead atoms. The van der Waals surface area contributed by atoms with Crippen LogP contribution in [0.25, 0.3) is 11.1 Å². The second-order valence-electron chi connectivity index (χ2n) is 6.03. The lowest BCUT2D eigenvalue weighted by molar-refractivity contribution is 0.472. The molecule has 0 aliphatic carbocycles. The van der Waals surface area contributed by atoms with Crippen molar-refractivity contribution >= 4 is 0 Å². The van der Waals surface area contributed by atoms with Crippen LogP contribution in [0.4, 0.5) is 0 Å². The summed E-state index contributed by atoms with van der Waals surface area (Å²) in [5.41, 5.74) is 5.82. The Labute approximate surface area is 152 Å². The van der Waals surface area contributed by atoms with E-state index in [1.54, 1.807) is 24.3 Å². The van der Waals surface area contributed by atoms with E-state index in [4.69, 9.17) is 5.26 Å². The van der Waals surface area contributed by atoms with Gasteiger partial charge in [0.25, 0.3) is 0 Å². The normalized spacial score (nSPS) is 10.3. The smallest absolute Gasteiger partial charge is 0.133 e. The summed E-state index contributed by atoms with van der Waals surface area (Å²) in [6, 6.07) is 15.1. The van der Waals surface area contributed by atoms with Gasteiger partial charge >= 0.3 is 0 Å². The molecule has 2 heterocycles. The molecular formula is C21H18N4O. The minimum atomic E-state index is 0.129. The lowest BCUT2D eigenvalue weighted by Gasteiger charge is -2.11. The highest BCUT2D eigenvalue weighted by atomic mass is 16.3. The van der Waals surface area contributed by atoms with E-state index in [1.807, 2.05) is 26.0 Å². The van der Waals surface area contributed by atoms with E-state index in [9.17, 15) is 10.4 Å². The third-order valence-corrected chi connectivity index (χ3v) is 4.51. The van der Waals surface area contributed by atoms with E-state index < -0.39 is 0 Å². The molecule has 3 aromatic rings. The molecule has 0 aliphatic rings. The van der Waals surface area contributed by atoms with E-state index in [0.29, 0.717) is 17.7 Å². The Morgan fingerprint density at radius 1 is 1.08 bits per heavy atom. The standard InChI is InChI=1S/C21H18N4O/c1-3-20-19(11-23)21(16-6-4-15(10-22)5-7-16)14(2)25(20)13-17-8-9-18(26)12-24-17/h4-9,12,26H,3,13H2,1-2H3. The third-order valence-electron chi connectivity index (χ3n) is 4.51. The zero-order chi connectivity index (χ0) is 18.7. The monoisotopic (exact) mass is 342 g/mol. The van der Waals surface area contributed by atoms with Gasteiger partial charge in [-0.15, -0.1) is 0 Å². The molecule has 128 valence electrons. The topological polar surface area (TPSA) is 85.6 Å². The summed E-state index contributed by atoms with van der Waals surface area (Å²) in [5, 5.41) is 28.2. The Morgan fingerprint density at radius 2 is 1.81 bits per heavy atom. The van der Waals surface area contributed by atoms with E-state index >= 15 is 0 Å². The molecule has 0 unspecified atom stereocenters. The van der Waals surface area contributed by atoms with Gasteiger partial charge in [0.1, 0.15) is 11.8 Å². The van der Waals surface area contributed by atoms with E-state index in [2.05, 4.69) is 21.7 Å². The van der Waals surface area contributed by atoms with E-state index in [0.717, 1.165) is 34.6 Å². The van der Waals surface area contributed by atoms with Crippen molar-refractivity contribution < 1.29 is 5.11 Å². The number of rotatable bonds is 4. The number of aromatic hydroxyl groups is 1. The quantitative estimate of drug-likeness (QED) is 0.778. The van der Waals surface area contributed by atoms with Crippen LogP contribution in [-0.2, 0) is 13.0 Å². The van der Waals surface area contributed by atoms with Crippen LogP contribution in [0.5, 0.6) is 5.75 Å². The molecule has 0 saturated heterocycles. The lowest BCUT2D eigenvalue weighted by atomic mass is 9.99. The Morgan fingerprint density at radius 3 is 2.35 bits per heavy atom. The summed E-state index contributed by atoms with van der Waals surface area (Å²) in [6.45, 7) is 4.55. The molecule has 0 fully saturated rings. The summed E-state index contributed by atoms with van der Waals surface area (Å²) < 4.78 is 2.10. The van der Waals surface area contributed by atoms with Crippen LogP contribution in [0.2, 0.25) is 0 Å². The maximum absolute atomic E-state index is 9.77. The zero-order valence-electron chi connectivity index (χ0n) is 14.7. The number of nitrogens with zero attached hydrogens (tertiary/aromatic N) is 4. The molecule has 1 N–H and O–H groups in total. The summed E-state index contributed by atoms with van der Waals surface area (Å²) >= 11 is 0. The van der Waals surface area contributed by atoms with Crippen LogP contribution in [0, 0.1) is 29.6 Å². The second kappa shape index (κ2) is 7.13. The third kappa shape index (κ3) is 3.03. The van der Waals surface area contributed by atoms with Gasteiger partial charge in [-0.3, -0.25) is 4.98 Å². The van der Waals surface area contributed by atoms with Crippen LogP contribution in [0.1, 0.15) is 35.1 Å². The molecule has 0 saturated carbocycles. The molecule has 3 rings (SSSR count). The van der Waals surface area contributed by atoms with Gasteiger partial charge in [0.05, 0.1) is 35.6 Å². The summed E-state index contributed by atoms with van der Waals surface area (Å²) in [5.74, 6) is 0.129. The molecule has 5 nitrogen and oxygen atoms in total. The summed E-state index contributed by atoms with van der Waals surface area (Å²) in [4.78, 5) is 4.26. The molecule has 1 aromatic carbocycles. The number of benzene rings is 1. The van der Waals surface area contributed by atoms with Crippen molar-refractivity contribution in [2.45, 2.75) is 26.8 Å². The van der Waals surface area contributed by atoms with Gasteiger partial charge in [0, 0.05) is 17.0 Å². The van der Waals surface area contributed by atoms with E-state index in [1.165, 1.54) is 6.20 Å². The minimum Gasteiger partial charge on any atom is -0.506 e. The molecule has 0 atom stereocenters. The SMILES string of the molecule is CCc1c(C#N)c(-c2ccc(C#N)cc2)c(C)n1Cc1ccc(O)cn1. The fraction of sp³-hybridized carbons (Fsp3) is 0.190. The highest BCUT2D eigenvalue weighted by molar-refractivity contribution is 5.75. The first-order valence-corrected chi connectivity index (χ1v) is 8.35. The van der Waals surface area contributed by atoms with Crippen LogP contribution < -0.4 is 0 Å². The van der Waals surface area contributed by atoms with Crippen LogP contribution in [0.3, 0.4) is 0 Å². The first kappa shape index (κ1) is 17.3. The molecule has 26 heavy (non-hydrogen) atoms. The maximum Gasteiger partial charge on any atom is 0.133 e. The molecule has 0 spiro atoms. The number of hydrogen-bond acceptors (Lipinski definition) is 4. The van der Waals surface area contributed by atoms with Crippen LogP contribution >= 0.6 is 0 Å². The molecule has 0 amide bonds. The predicted molar refractivity (Wildman–Crippen MR) is 98.4 cm³/mol. The molecule has 5 heteroatoms. The van der Waals surface area contributed by atoms with Gasteiger partial charge in [-0.1, -0.05) is 19.1 Å². The minimum absolute atomic E-state index is 0.129. The number of nitriles is 2. The van der Waals surface area contributed by atoms with Crippen molar-refractivity contribution in [3.05, 3.63) is 70.8 Å². The molecule has 0 radical (unpaired) electrons. The molecule has 0 aliphatic heterocycles. The Balaban J connectivity index is 2.13. The average Bonchev–Trinajstić information content (AvgIpc) is 2.94. The second-order valence-corrected chi connectivity index (χ2v) is 6.03. The lowest BCUT2D eigenvalue weighted by Crippen LogP contribution is -2.07. The molecule has 2 aromatic heterocycles. The number of aromatic nitrogens is 2. The van der Waals surface area contributed by atoms with Gasteiger partial charge in [-0.25, -0.2) is 0 Å². The van der Waals surface area contributed by atoms with Gasteiger partial charge < -0.3 is 9.67 Å². The van der Waals surface area contributed by atoms with Crippen LogP contribution in [0.15, 0.2) is 42.6 Å². The fourth-order valence-corrected chi connectivity index (χ4v) is 3.24. The fourth-order valence-electron chi connectivity index (χ4n) is 3.24. The van der Waals surface area contributed by atoms with Crippen LogP contribution in [-0.4, -0.2) is 14.7 Å².